The Morgan fingerprint density at radius 1 is 1.24 bits per heavy atom. The highest BCUT2D eigenvalue weighted by Gasteiger charge is 2.26. The number of carbonyl (C=O) groups is 1. The van der Waals surface area contributed by atoms with Crippen LogP contribution in [0.25, 0.3) is 21.7 Å². The lowest BCUT2D eigenvalue weighted by Crippen LogP contribution is -2.34. The van der Waals surface area contributed by atoms with Crippen LogP contribution in [0, 0.1) is 12.8 Å². The minimum Gasteiger partial charge on any atom is -0.450 e. The van der Waals surface area contributed by atoms with E-state index in [9.17, 15) is 9.90 Å². The molecule has 0 bridgehead atoms. The number of aliphatic hydroxyl groups is 1. The first-order valence-electron chi connectivity index (χ1n) is 8.23. The highest BCUT2D eigenvalue weighted by Crippen LogP contribution is 2.31. The molecular formula is C19H21ClN2O3. The summed E-state index contributed by atoms with van der Waals surface area (Å²) in [5.41, 5.74) is 1.59. The van der Waals surface area contributed by atoms with Crippen LogP contribution in [0.1, 0.15) is 16.1 Å². The number of carbonyl (C=O) groups excluding carboxylic acids is 1. The molecule has 1 amide bonds. The first kappa shape index (κ1) is 17.7. The summed E-state index contributed by atoms with van der Waals surface area (Å²) in [5, 5.41) is 18.9. The number of benzene rings is 2. The zero-order valence-electron chi connectivity index (χ0n) is 13.9. The molecule has 1 aliphatic heterocycles. The molecule has 1 aliphatic rings. The molecule has 1 saturated heterocycles. The van der Waals surface area contributed by atoms with Crippen molar-refractivity contribution in [1.82, 2.24) is 10.6 Å². The Balaban J connectivity index is 0.00000182. The van der Waals surface area contributed by atoms with Crippen LogP contribution in [0.15, 0.2) is 40.8 Å². The van der Waals surface area contributed by atoms with E-state index in [1.165, 1.54) is 0 Å². The van der Waals surface area contributed by atoms with Gasteiger partial charge in [0, 0.05) is 41.9 Å². The van der Waals surface area contributed by atoms with Gasteiger partial charge in [-0.05, 0) is 12.3 Å². The highest BCUT2D eigenvalue weighted by atomic mass is 35.5. The van der Waals surface area contributed by atoms with E-state index in [-0.39, 0.29) is 24.2 Å². The van der Waals surface area contributed by atoms with Crippen molar-refractivity contribution in [3.8, 4) is 0 Å². The minimum atomic E-state index is -0.411. The Labute approximate surface area is 151 Å². The molecule has 2 unspecified atom stereocenters. The molecule has 3 N–H and O–H groups in total. The van der Waals surface area contributed by atoms with Gasteiger partial charge < -0.3 is 20.2 Å². The van der Waals surface area contributed by atoms with Crippen LogP contribution in [-0.4, -0.2) is 36.8 Å². The monoisotopic (exact) mass is 360 g/mol. The maximum atomic E-state index is 12.5. The number of hydrogen-bond acceptors (Lipinski definition) is 4. The normalized spacial score (nSPS) is 19.9. The van der Waals surface area contributed by atoms with Crippen LogP contribution in [0.4, 0.5) is 0 Å². The van der Waals surface area contributed by atoms with Gasteiger partial charge in [-0.1, -0.05) is 36.4 Å². The Bertz CT molecular complexity index is 922. The summed E-state index contributed by atoms with van der Waals surface area (Å²) < 4.78 is 5.93. The predicted octanol–water partition coefficient (Wildman–Crippen LogP) is 2.63. The van der Waals surface area contributed by atoms with Crippen molar-refractivity contribution in [2.45, 2.75) is 13.0 Å². The average Bonchev–Trinajstić information content (AvgIpc) is 3.16. The summed E-state index contributed by atoms with van der Waals surface area (Å²) in [6, 6.07) is 12.0. The number of aliphatic hydroxyl groups excluding tert-OH is 1. The molecule has 0 aliphatic carbocycles. The average molecular weight is 361 g/mol. The molecule has 1 fully saturated rings. The van der Waals surface area contributed by atoms with Gasteiger partial charge in [-0.3, -0.25) is 4.79 Å². The molecule has 5 nitrogen and oxygen atoms in total. The summed E-state index contributed by atoms with van der Waals surface area (Å²) in [6.07, 6.45) is -0.411. The molecule has 1 aromatic heterocycles. The van der Waals surface area contributed by atoms with Crippen LogP contribution in [0.2, 0.25) is 0 Å². The maximum absolute atomic E-state index is 12.5. The topological polar surface area (TPSA) is 74.5 Å². The first-order valence-corrected chi connectivity index (χ1v) is 8.23. The van der Waals surface area contributed by atoms with Crippen molar-refractivity contribution in [2.24, 2.45) is 5.92 Å². The fourth-order valence-corrected chi connectivity index (χ4v) is 3.40. The first-order chi connectivity index (χ1) is 11.6. The van der Waals surface area contributed by atoms with Gasteiger partial charge in [0.25, 0.3) is 5.91 Å². The van der Waals surface area contributed by atoms with Crippen LogP contribution in [0.5, 0.6) is 0 Å². The molecule has 4 rings (SSSR count). The van der Waals surface area contributed by atoms with Gasteiger partial charge in [0.1, 0.15) is 5.58 Å². The van der Waals surface area contributed by atoms with Crippen LogP contribution < -0.4 is 10.6 Å². The van der Waals surface area contributed by atoms with Gasteiger partial charge in [0.05, 0.1) is 6.10 Å². The lowest BCUT2D eigenvalue weighted by Gasteiger charge is -2.13. The van der Waals surface area contributed by atoms with E-state index in [0.29, 0.717) is 25.4 Å². The Morgan fingerprint density at radius 3 is 2.80 bits per heavy atom. The number of fused-ring (bicyclic) bond motifs is 3. The largest absolute Gasteiger partial charge is 0.450 e. The molecule has 132 valence electrons. The van der Waals surface area contributed by atoms with E-state index in [1.807, 2.05) is 43.3 Å². The Kier molecular flexibility index (Phi) is 4.99. The Morgan fingerprint density at radius 2 is 2.04 bits per heavy atom. The van der Waals surface area contributed by atoms with Crippen molar-refractivity contribution in [1.29, 1.82) is 0 Å². The lowest BCUT2D eigenvalue weighted by molar-refractivity contribution is 0.0901. The van der Waals surface area contributed by atoms with Crippen molar-refractivity contribution in [3.63, 3.8) is 0 Å². The van der Waals surface area contributed by atoms with E-state index in [0.717, 1.165) is 27.3 Å². The van der Waals surface area contributed by atoms with Crippen molar-refractivity contribution < 1.29 is 14.3 Å². The third-order valence-electron chi connectivity index (χ3n) is 4.86. The van der Waals surface area contributed by atoms with E-state index in [1.54, 1.807) is 0 Å². The fourth-order valence-electron chi connectivity index (χ4n) is 3.40. The van der Waals surface area contributed by atoms with Gasteiger partial charge in [-0.2, -0.15) is 0 Å². The summed E-state index contributed by atoms with van der Waals surface area (Å²) in [4.78, 5) is 12.5. The molecular weight excluding hydrogens is 340 g/mol. The van der Waals surface area contributed by atoms with E-state index in [2.05, 4.69) is 10.6 Å². The molecule has 2 atom stereocenters. The fraction of sp³-hybridized carbons (Fsp3) is 0.316. The zero-order valence-corrected chi connectivity index (χ0v) is 14.7. The number of amides is 1. The number of rotatable bonds is 3. The van der Waals surface area contributed by atoms with Crippen molar-refractivity contribution in [3.05, 3.63) is 47.7 Å². The highest BCUT2D eigenvalue weighted by molar-refractivity contribution is 6.08. The molecule has 2 heterocycles. The van der Waals surface area contributed by atoms with Crippen molar-refractivity contribution >= 4 is 40.1 Å². The second-order valence-corrected chi connectivity index (χ2v) is 6.42. The molecule has 2 aromatic carbocycles. The summed E-state index contributed by atoms with van der Waals surface area (Å²) in [5.74, 6) is 0.160. The second kappa shape index (κ2) is 7.04. The smallest absolute Gasteiger partial charge is 0.287 e. The van der Waals surface area contributed by atoms with Gasteiger partial charge in [-0.25, -0.2) is 0 Å². The number of furan rings is 1. The standard InChI is InChI=1S/C19H20N2O3.ClH/c1-11-14-7-6-12-4-2-3-5-15(12)18(14)24-17(11)19(23)21-9-13-8-20-10-16(13)22;/h2-7,13,16,20,22H,8-10H2,1H3,(H,21,23);1H. The molecule has 3 aromatic rings. The van der Waals surface area contributed by atoms with Crippen molar-refractivity contribution in [2.75, 3.05) is 19.6 Å². The van der Waals surface area contributed by atoms with E-state index < -0.39 is 6.10 Å². The predicted molar refractivity (Wildman–Crippen MR) is 100 cm³/mol. The van der Waals surface area contributed by atoms with Crippen LogP contribution in [-0.2, 0) is 0 Å². The van der Waals surface area contributed by atoms with Gasteiger partial charge in [0.15, 0.2) is 5.76 Å². The van der Waals surface area contributed by atoms with Gasteiger partial charge in [0.2, 0.25) is 0 Å². The molecule has 0 spiro atoms. The third kappa shape index (κ3) is 3.11. The molecule has 6 heteroatoms. The maximum Gasteiger partial charge on any atom is 0.287 e. The minimum absolute atomic E-state index is 0. The lowest BCUT2D eigenvalue weighted by atomic mass is 10.1. The third-order valence-corrected chi connectivity index (χ3v) is 4.86. The molecule has 0 saturated carbocycles. The summed E-state index contributed by atoms with van der Waals surface area (Å²) >= 11 is 0. The number of aryl methyl sites for hydroxylation is 1. The summed E-state index contributed by atoms with van der Waals surface area (Å²) in [6.45, 7) is 3.63. The number of β-amino-alcohol motifs (C(OH)–C–C–N with tert-alkyl or cyclic N) is 1. The number of nitrogens with one attached hydrogen (secondary N) is 2. The van der Waals surface area contributed by atoms with Gasteiger partial charge in [-0.15, -0.1) is 12.4 Å². The Hall–Kier alpha value is -2.08. The number of hydrogen-bond donors (Lipinski definition) is 3. The van der Waals surface area contributed by atoms with Crippen LogP contribution in [0.3, 0.4) is 0 Å². The molecule has 25 heavy (non-hydrogen) atoms. The zero-order chi connectivity index (χ0) is 16.7. The SMILES string of the molecule is Cc1c(C(=O)NCC2CNCC2O)oc2c1ccc1ccccc12.Cl. The number of halogens is 1. The quantitative estimate of drug-likeness (QED) is 0.671. The van der Waals surface area contributed by atoms with E-state index in [4.69, 9.17) is 4.42 Å². The molecule has 0 radical (unpaired) electrons. The van der Waals surface area contributed by atoms with Gasteiger partial charge >= 0.3 is 0 Å². The van der Waals surface area contributed by atoms with E-state index >= 15 is 0 Å². The van der Waals surface area contributed by atoms with Crippen LogP contribution >= 0.6 is 12.4 Å². The summed E-state index contributed by atoms with van der Waals surface area (Å²) in [7, 11) is 0. The second-order valence-electron chi connectivity index (χ2n) is 6.42.